The first kappa shape index (κ1) is 14.2. The van der Waals surface area contributed by atoms with Crippen molar-refractivity contribution < 1.29 is 4.74 Å². The van der Waals surface area contributed by atoms with Gasteiger partial charge in [0.05, 0.1) is 10.9 Å². The van der Waals surface area contributed by atoms with Crippen LogP contribution >= 0.6 is 23.8 Å². The molecule has 6 heteroatoms. The molecule has 0 amide bonds. The number of hydrogen-bond acceptors (Lipinski definition) is 3. The van der Waals surface area contributed by atoms with Crippen LogP contribution < -0.4 is 5.56 Å². The molecular weight excluding hydrogens is 284 g/mol. The lowest BCUT2D eigenvalue weighted by Crippen LogP contribution is -2.23. The van der Waals surface area contributed by atoms with E-state index < -0.39 is 0 Å². The quantitative estimate of drug-likeness (QED) is 0.681. The Balaban J connectivity index is 2.38. The molecule has 0 aliphatic rings. The number of fused-ring (bicyclic) bond motifs is 1. The van der Waals surface area contributed by atoms with Crippen LogP contribution in [-0.4, -0.2) is 22.8 Å². The van der Waals surface area contributed by atoms with Crippen LogP contribution in [0.2, 0.25) is 5.02 Å². The Bertz CT molecular complexity index is 693. The molecule has 19 heavy (non-hydrogen) atoms. The van der Waals surface area contributed by atoms with Gasteiger partial charge in [0.25, 0.3) is 5.56 Å². The predicted molar refractivity (Wildman–Crippen MR) is 79.5 cm³/mol. The number of ether oxygens (including phenoxy) is 1. The van der Waals surface area contributed by atoms with E-state index in [1.165, 1.54) is 0 Å². The fraction of sp³-hybridized carbons (Fsp3) is 0.385. The Morgan fingerprint density at radius 3 is 3.00 bits per heavy atom. The zero-order valence-corrected chi connectivity index (χ0v) is 12.2. The summed E-state index contributed by atoms with van der Waals surface area (Å²) in [7, 11) is 0. The van der Waals surface area contributed by atoms with Crippen molar-refractivity contribution in [3.8, 4) is 0 Å². The molecule has 0 atom stereocenters. The summed E-state index contributed by atoms with van der Waals surface area (Å²) in [5.74, 6) is 0. The number of aromatic amines is 1. The summed E-state index contributed by atoms with van der Waals surface area (Å²) in [5, 5.41) is 1.09. The minimum atomic E-state index is -0.113. The average Bonchev–Trinajstić information content (AvgIpc) is 2.39. The van der Waals surface area contributed by atoms with E-state index in [1.54, 1.807) is 22.8 Å². The molecule has 0 spiro atoms. The summed E-state index contributed by atoms with van der Waals surface area (Å²) in [6.45, 7) is 3.77. The Kier molecular flexibility index (Phi) is 4.74. The van der Waals surface area contributed by atoms with E-state index in [1.807, 2.05) is 6.92 Å². The van der Waals surface area contributed by atoms with Gasteiger partial charge in [0, 0.05) is 24.8 Å². The van der Waals surface area contributed by atoms with Crippen LogP contribution in [0.15, 0.2) is 23.0 Å². The van der Waals surface area contributed by atoms with E-state index in [4.69, 9.17) is 28.6 Å². The largest absolute Gasteiger partial charge is 0.382 e. The molecule has 0 unspecified atom stereocenters. The van der Waals surface area contributed by atoms with Gasteiger partial charge in [-0.25, -0.2) is 0 Å². The maximum atomic E-state index is 12.3. The Hall–Kier alpha value is -1.17. The highest BCUT2D eigenvalue weighted by molar-refractivity contribution is 7.71. The van der Waals surface area contributed by atoms with Gasteiger partial charge >= 0.3 is 0 Å². The first-order valence-electron chi connectivity index (χ1n) is 6.13. The second-order valence-corrected chi connectivity index (χ2v) is 4.95. The van der Waals surface area contributed by atoms with Crippen LogP contribution in [-0.2, 0) is 11.3 Å². The molecule has 1 aromatic carbocycles. The van der Waals surface area contributed by atoms with Crippen LogP contribution in [0.4, 0.5) is 0 Å². The fourth-order valence-electron chi connectivity index (χ4n) is 1.89. The van der Waals surface area contributed by atoms with Gasteiger partial charge in [-0.3, -0.25) is 9.36 Å². The van der Waals surface area contributed by atoms with Crippen molar-refractivity contribution in [2.24, 2.45) is 0 Å². The third kappa shape index (κ3) is 3.23. The maximum absolute atomic E-state index is 12.3. The van der Waals surface area contributed by atoms with Gasteiger partial charge in [-0.1, -0.05) is 11.6 Å². The molecule has 4 nitrogen and oxygen atoms in total. The zero-order valence-electron chi connectivity index (χ0n) is 10.6. The third-order valence-electron chi connectivity index (χ3n) is 2.82. The standard InChI is InChI=1S/C13H15ClN2O2S/c1-2-18-7-3-6-16-12(17)10-8-9(14)4-5-11(10)15-13(16)19/h4-5,8H,2-3,6-7H2,1H3,(H,15,19). The van der Waals surface area contributed by atoms with Crippen molar-refractivity contribution in [3.63, 3.8) is 0 Å². The average molecular weight is 299 g/mol. The van der Waals surface area contributed by atoms with Crippen molar-refractivity contribution in [2.75, 3.05) is 13.2 Å². The molecule has 0 saturated carbocycles. The Morgan fingerprint density at radius 2 is 2.26 bits per heavy atom. The topological polar surface area (TPSA) is 47.0 Å². The number of nitrogens with one attached hydrogen (secondary N) is 1. The van der Waals surface area contributed by atoms with E-state index in [9.17, 15) is 4.79 Å². The third-order valence-corrected chi connectivity index (χ3v) is 3.38. The van der Waals surface area contributed by atoms with Gasteiger partial charge in [-0.15, -0.1) is 0 Å². The number of aromatic nitrogens is 2. The second-order valence-electron chi connectivity index (χ2n) is 4.13. The lowest BCUT2D eigenvalue weighted by molar-refractivity contribution is 0.141. The van der Waals surface area contributed by atoms with Gasteiger partial charge in [0.1, 0.15) is 0 Å². The molecule has 0 bridgehead atoms. The van der Waals surface area contributed by atoms with Gasteiger partial charge in [0.15, 0.2) is 4.77 Å². The first-order chi connectivity index (χ1) is 9.13. The molecule has 0 saturated heterocycles. The van der Waals surface area contributed by atoms with E-state index in [-0.39, 0.29) is 5.56 Å². The number of hydrogen-bond donors (Lipinski definition) is 1. The molecule has 102 valence electrons. The highest BCUT2D eigenvalue weighted by atomic mass is 35.5. The predicted octanol–water partition coefficient (Wildman–Crippen LogP) is 3.14. The zero-order chi connectivity index (χ0) is 13.8. The monoisotopic (exact) mass is 298 g/mol. The lowest BCUT2D eigenvalue weighted by atomic mass is 10.2. The minimum Gasteiger partial charge on any atom is -0.382 e. The molecule has 0 aliphatic carbocycles. The number of halogens is 1. The summed E-state index contributed by atoms with van der Waals surface area (Å²) in [6.07, 6.45) is 0.747. The SMILES string of the molecule is CCOCCCn1c(=S)[nH]c2ccc(Cl)cc2c1=O. The fourth-order valence-corrected chi connectivity index (χ4v) is 2.35. The first-order valence-corrected chi connectivity index (χ1v) is 6.92. The summed E-state index contributed by atoms with van der Waals surface area (Å²) >= 11 is 11.1. The van der Waals surface area contributed by atoms with E-state index >= 15 is 0 Å². The summed E-state index contributed by atoms with van der Waals surface area (Å²) in [4.78, 5) is 15.4. The lowest BCUT2D eigenvalue weighted by Gasteiger charge is -2.08. The highest BCUT2D eigenvalue weighted by Crippen LogP contribution is 2.14. The molecule has 0 radical (unpaired) electrons. The molecule has 0 fully saturated rings. The van der Waals surface area contributed by atoms with Gasteiger partial charge in [-0.2, -0.15) is 0 Å². The van der Waals surface area contributed by atoms with E-state index in [2.05, 4.69) is 4.98 Å². The maximum Gasteiger partial charge on any atom is 0.262 e. The van der Waals surface area contributed by atoms with E-state index in [0.29, 0.717) is 40.5 Å². The van der Waals surface area contributed by atoms with Gasteiger partial charge < -0.3 is 9.72 Å². The van der Waals surface area contributed by atoms with Crippen molar-refractivity contribution >= 4 is 34.7 Å². The molecule has 2 aromatic rings. The minimum absolute atomic E-state index is 0.113. The normalized spacial score (nSPS) is 11.1. The van der Waals surface area contributed by atoms with Crippen molar-refractivity contribution in [1.29, 1.82) is 0 Å². The highest BCUT2D eigenvalue weighted by Gasteiger charge is 2.06. The van der Waals surface area contributed by atoms with Gasteiger partial charge in [0.2, 0.25) is 0 Å². The number of H-pyrrole nitrogens is 1. The number of nitrogens with zero attached hydrogens (tertiary/aromatic N) is 1. The molecule has 2 rings (SSSR count). The molecule has 1 aromatic heterocycles. The molecular formula is C13H15ClN2O2S. The Morgan fingerprint density at radius 1 is 1.47 bits per heavy atom. The van der Waals surface area contributed by atoms with Crippen LogP contribution in [0.3, 0.4) is 0 Å². The molecule has 1 heterocycles. The number of benzene rings is 1. The summed E-state index contributed by atoms with van der Waals surface area (Å²) < 4.78 is 7.24. The van der Waals surface area contributed by atoms with E-state index in [0.717, 1.165) is 6.42 Å². The van der Waals surface area contributed by atoms with Crippen LogP contribution in [0.5, 0.6) is 0 Å². The van der Waals surface area contributed by atoms with Crippen LogP contribution in [0.25, 0.3) is 10.9 Å². The van der Waals surface area contributed by atoms with Crippen LogP contribution in [0.1, 0.15) is 13.3 Å². The Labute approximate surface area is 121 Å². The second kappa shape index (κ2) is 6.32. The summed E-state index contributed by atoms with van der Waals surface area (Å²) in [5.41, 5.74) is 0.596. The van der Waals surface area contributed by atoms with Gasteiger partial charge in [-0.05, 0) is 43.8 Å². The molecule has 0 aliphatic heterocycles. The van der Waals surface area contributed by atoms with Crippen molar-refractivity contribution in [1.82, 2.24) is 9.55 Å². The molecule has 1 N–H and O–H groups in total. The smallest absolute Gasteiger partial charge is 0.262 e. The number of rotatable bonds is 5. The van der Waals surface area contributed by atoms with Crippen molar-refractivity contribution in [3.05, 3.63) is 38.3 Å². The van der Waals surface area contributed by atoms with Crippen molar-refractivity contribution in [2.45, 2.75) is 19.9 Å². The summed E-state index contributed by atoms with van der Waals surface area (Å²) in [6, 6.07) is 5.15. The van der Waals surface area contributed by atoms with Crippen LogP contribution in [0, 0.1) is 4.77 Å².